The van der Waals surface area contributed by atoms with Crippen molar-refractivity contribution in [2.45, 2.75) is 106 Å². The Morgan fingerprint density at radius 3 is 2.11 bits per heavy atom. The van der Waals surface area contributed by atoms with Crippen LogP contribution >= 0.6 is 0 Å². The van der Waals surface area contributed by atoms with Crippen LogP contribution in [0.4, 0.5) is 0 Å². The van der Waals surface area contributed by atoms with Gasteiger partial charge in [0.25, 0.3) is 0 Å². The predicted octanol–water partition coefficient (Wildman–Crippen LogP) is 7.88. The molecule has 7 unspecified atom stereocenters. The monoisotopic (exact) mass is 378 g/mol. The van der Waals surface area contributed by atoms with Crippen LogP contribution in [-0.4, -0.2) is 11.7 Å². The molecule has 0 bridgehead atoms. The SMILES string of the molecule is C=C1CCC2C3CCC4CC(CO)CCC4C3CCC12C.CC.CC.CC. The third-order valence-corrected chi connectivity index (χ3v) is 8.28. The van der Waals surface area contributed by atoms with Crippen molar-refractivity contribution in [1.82, 2.24) is 0 Å². The summed E-state index contributed by atoms with van der Waals surface area (Å²) in [5, 5.41) is 9.49. The molecule has 0 aromatic rings. The Hall–Kier alpha value is -0.300. The van der Waals surface area contributed by atoms with Gasteiger partial charge in [0.15, 0.2) is 0 Å². The zero-order chi connectivity index (χ0) is 20.6. The van der Waals surface area contributed by atoms with Gasteiger partial charge in [0, 0.05) is 6.61 Å². The maximum Gasteiger partial charge on any atom is 0.0459 e. The normalized spacial score (nSPS) is 41.9. The zero-order valence-corrected chi connectivity index (χ0v) is 19.7. The summed E-state index contributed by atoms with van der Waals surface area (Å²) in [7, 11) is 0. The average molecular weight is 379 g/mol. The minimum atomic E-state index is 0.428. The zero-order valence-electron chi connectivity index (χ0n) is 19.7. The van der Waals surface area contributed by atoms with E-state index in [1.54, 1.807) is 5.57 Å². The lowest BCUT2D eigenvalue weighted by molar-refractivity contribution is -0.0520. The van der Waals surface area contributed by atoms with Crippen LogP contribution < -0.4 is 0 Å². The van der Waals surface area contributed by atoms with Crippen molar-refractivity contribution in [2.24, 2.45) is 40.9 Å². The highest BCUT2D eigenvalue weighted by molar-refractivity contribution is 5.20. The molecule has 1 heteroatoms. The van der Waals surface area contributed by atoms with Gasteiger partial charge >= 0.3 is 0 Å². The first-order valence-electron chi connectivity index (χ1n) is 12.4. The second-order valence-corrected chi connectivity index (χ2v) is 8.90. The predicted molar refractivity (Wildman–Crippen MR) is 121 cm³/mol. The Bertz CT molecular complexity index is 428. The van der Waals surface area contributed by atoms with Gasteiger partial charge in [-0.3, -0.25) is 0 Å². The largest absolute Gasteiger partial charge is 0.396 e. The van der Waals surface area contributed by atoms with E-state index in [4.69, 9.17) is 0 Å². The second-order valence-electron chi connectivity index (χ2n) is 8.90. The summed E-state index contributed by atoms with van der Waals surface area (Å²) >= 11 is 0. The molecule has 0 amide bonds. The average Bonchev–Trinajstić information content (AvgIpc) is 3.06. The molecule has 0 aromatic carbocycles. The number of aliphatic hydroxyl groups is 1. The first-order chi connectivity index (χ1) is 13.1. The lowest BCUT2D eigenvalue weighted by Gasteiger charge is -2.55. The van der Waals surface area contributed by atoms with Gasteiger partial charge in [-0.15, -0.1) is 0 Å². The van der Waals surface area contributed by atoms with Crippen LogP contribution in [0.1, 0.15) is 106 Å². The van der Waals surface area contributed by atoms with E-state index in [0.29, 0.717) is 17.9 Å². The van der Waals surface area contributed by atoms with Crippen molar-refractivity contribution in [1.29, 1.82) is 0 Å². The Labute approximate surface area is 171 Å². The number of fused-ring (bicyclic) bond motifs is 5. The van der Waals surface area contributed by atoms with E-state index < -0.39 is 0 Å². The Morgan fingerprint density at radius 2 is 1.48 bits per heavy atom. The van der Waals surface area contributed by atoms with Gasteiger partial charge in [-0.1, -0.05) is 60.6 Å². The lowest BCUT2D eigenvalue weighted by atomic mass is 9.50. The Balaban J connectivity index is 0.000000556. The minimum Gasteiger partial charge on any atom is -0.396 e. The van der Waals surface area contributed by atoms with Gasteiger partial charge in [-0.05, 0) is 98.7 Å². The lowest BCUT2D eigenvalue weighted by Crippen LogP contribution is -2.47. The topological polar surface area (TPSA) is 20.2 Å². The summed E-state index contributed by atoms with van der Waals surface area (Å²) < 4.78 is 0. The highest BCUT2D eigenvalue weighted by Crippen LogP contribution is 2.63. The highest BCUT2D eigenvalue weighted by Gasteiger charge is 2.54. The van der Waals surface area contributed by atoms with Crippen LogP contribution in [0.3, 0.4) is 0 Å². The summed E-state index contributed by atoms with van der Waals surface area (Å²) in [6, 6.07) is 0. The van der Waals surface area contributed by atoms with Crippen molar-refractivity contribution >= 4 is 0 Å². The molecule has 4 aliphatic rings. The Morgan fingerprint density at radius 1 is 0.852 bits per heavy atom. The van der Waals surface area contributed by atoms with Crippen molar-refractivity contribution in [3.05, 3.63) is 12.2 Å². The van der Waals surface area contributed by atoms with Gasteiger partial charge in [0.2, 0.25) is 0 Å². The molecule has 1 nitrogen and oxygen atoms in total. The fourth-order valence-corrected chi connectivity index (χ4v) is 7.02. The Kier molecular flexibility index (Phi) is 10.7. The van der Waals surface area contributed by atoms with E-state index in [1.807, 2.05) is 41.5 Å². The molecule has 4 aliphatic carbocycles. The molecule has 0 heterocycles. The molecule has 0 radical (unpaired) electrons. The number of allylic oxidation sites excluding steroid dienone is 1. The minimum absolute atomic E-state index is 0.428. The summed E-state index contributed by atoms with van der Waals surface area (Å²) in [6.07, 6.45) is 12.5. The number of rotatable bonds is 1. The van der Waals surface area contributed by atoms with Crippen molar-refractivity contribution in [2.75, 3.05) is 6.61 Å². The first kappa shape index (κ1) is 24.7. The fraction of sp³-hybridized carbons (Fsp3) is 0.923. The molecular formula is C26H50O. The van der Waals surface area contributed by atoms with E-state index in [0.717, 1.165) is 29.6 Å². The molecule has 0 spiro atoms. The molecule has 4 saturated carbocycles. The summed E-state index contributed by atoms with van der Waals surface area (Å²) in [5.74, 6) is 5.49. The molecule has 0 aromatic heterocycles. The molecule has 4 fully saturated rings. The van der Waals surface area contributed by atoms with E-state index >= 15 is 0 Å². The van der Waals surface area contributed by atoms with Gasteiger partial charge in [0.05, 0.1) is 0 Å². The summed E-state index contributed by atoms with van der Waals surface area (Å²) in [5.41, 5.74) is 2.05. The van der Waals surface area contributed by atoms with Crippen LogP contribution in [0.5, 0.6) is 0 Å². The maximum atomic E-state index is 9.49. The number of hydrogen-bond acceptors (Lipinski definition) is 1. The third-order valence-electron chi connectivity index (χ3n) is 8.28. The van der Waals surface area contributed by atoms with E-state index in [-0.39, 0.29) is 0 Å². The number of aliphatic hydroxyl groups excluding tert-OH is 1. The summed E-state index contributed by atoms with van der Waals surface area (Å²) in [4.78, 5) is 0. The van der Waals surface area contributed by atoms with Gasteiger partial charge in [-0.2, -0.15) is 0 Å². The van der Waals surface area contributed by atoms with E-state index in [9.17, 15) is 5.11 Å². The second kappa shape index (κ2) is 11.6. The van der Waals surface area contributed by atoms with Crippen molar-refractivity contribution in [3.63, 3.8) is 0 Å². The molecular weight excluding hydrogens is 328 g/mol. The fourth-order valence-electron chi connectivity index (χ4n) is 7.02. The van der Waals surface area contributed by atoms with Crippen LogP contribution in [0.15, 0.2) is 12.2 Å². The van der Waals surface area contributed by atoms with Crippen LogP contribution in [0.2, 0.25) is 0 Å². The van der Waals surface area contributed by atoms with E-state index in [1.165, 1.54) is 57.8 Å². The molecule has 4 rings (SSSR count). The maximum absolute atomic E-state index is 9.49. The van der Waals surface area contributed by atoms with Crippen molar-refractivity contribution in [3.8, 4) is 0 Å². The molecule has 7 atom stereocenters. The first-order valence-corrected chi connectivity index (χ1v) is 12.4. The molecule has 1 N–H and O–H groups in total. The third kappa shape index (κ3) is 4.82. The van der Waals surface area contributed by atoms with Gasteiger partial charge < -0.3 is 5.11 Å². The van der Waals surface area contributed by atoms with Crippen LogP contribution in [0, 0.1) is 40.9 Å². The highest BCUT2D eigenvalue weighted by atomic mass is 16.3. The van der Waals surface area contributed by atoms with E-state index in [2.05, 4.69) is 13.5 Å². The van der Waals surface area contributed by atoms with Gasteiger partial charge in [0.1, 0.15) is 0 Å². The molecule has 27 heavy (non-hydrogen) atoms. The van der Waals surface area contributed by atoms with Crippen molar-refractivity contribution < 1.29 is 5.11 Å². The molecule has 0 saturated heterocycles. The standard InChI is InChI=1S/C20H32O.3C2H6/c1-13-3-8-19-18-7-5-15-11-14(12-21)4-6-16(15)17(18)9-10-20(13,19)2;3*1-2/h14-19,21H,1,3-12H2,2H3;3*1-2H3. The quantitative estimate of drug-likeness (QED) is 0.460. The molecule has 160 valence electrons. The number of hydrogen-bond donors (Lipinski definition) is 1. The molecule has 0 aliphatic heterocycles. The van der Waals surface area contributed by atoms with Gasteiger partial charge in [-0.25, -0.2) is 0 Å². The van der Waals surface area contributed by atoms with Crippen LogP contribution in [0.25, 0.3) is 0 Å². The summed E-state index contributed by atoms with van der Waals surface area (Å²) in [6.45, 7) is 19.4. The van der Waals surface area contributed by atoms with Crippen LogP contribution in [-0.2, 0) is 0 Å². The smallest absolute Gasteiger partial charge is 0.0459 e.